The van der Waals surface area contributed by atoms with Gasteiger partial charge in [0, 0.05) is 15.6 Å². The third-order valence-electron chi connectivity index (χ3n) is 3.08. The van der Waals surface area contributed by atoms with Crippen LogP contribution in [-0.2, 0) is 0 Å². The summed E-state index contributed by atoms with van der Waals surface area (Å²) >= 11 is 14.8. The summed E-state index contributed by atoms with van der Waals surface area (Å²) in [6, 6.07) is 1.14. The molecule has 0 atom stereocenters. The molecule has 1 aromatic heterocycles. The van der Waals surface area contributed by atoms with E-state index in [1.165, 1.54) is 0 Å². The van der Waals surface area contributed by atoms with Crippen LogP contribution in [0.3, 0.4) is 0 Å². The highest BCUT2D eigenvalue weighted by Crippen LogP contribution is 2.45. The van der Waals surface area contributed by atoms with Gasteiger partial charge in [-0.05, 0) is 22.0 Å². The number of aromatic carboxylic acids is 2. The number of halogens is 3. The number of carboxylic acids is 2. The summed E-state index contributed by atoms with van der Waals surface area (Å²) < 4.78 is 0.147. The van der Waals surface area contributed by atoms with Gasteiger partial charge >= 0.3 is 11.9 Å². The predicted octanol–water partition coefficient (Wildman–Crippen LogP) is 2.80. The minimum absolute atomic E-state index is 0.0792. The van der Waals surface area contributed by atoms with Crippen LogP contribution in [0.1, 0.15) is 20.7 Å². The average Bonchev–Trinajstić information content (AvgIpc) is 2.47. The standard InChI is InChI=1S/C13H7BrCl2N2O6/c14-3-1-2(9(19)8(16)7(3)15)4-5(12(21)22)10(17)18-11(20)6(4)13(23)24/h1,19H,(H,21,22)(H,23,24)(H3,17,18,20). The number of hydrogen-bond acceptors (Lipinski definition) is 5. The van der Waals surface area contributed by atoms with Crippen molar-refractivity contribution in [2.24, 2.45) is 0 Å². The van der Waals surface area contributed by atoms with E-state index < -0.39 is 45.8 Å². The maximum atomic E-state index is 11.9. The summed E-state index contributed by atoms with van der Waals surface area (Å²) in [6.07, 6.45) is 0. The average molecular weight is 438 g/mol. The van der Waals surface area contributed by atoms with Crippen molar-refractivity contribution in [2.75, 3.05) is 5.73 Å². The van der Waals surface area contributed by atoms with Gasteiger partial charge in [0.2, 0.25) is 0 Å². The highest BCUT2D eigenvalue weighted by atomic mass is 79.9. The third kappa shape index (κ3) is 2.81. The predicted molar refractivity (Wildman–Crippen MR) is 90.2 cm³/mol. The molecule has 24 heavy (non-hydrogen) atoms. The van der Waals surface area contributed by atoms with Crippen molar-refractivity contribution in [3.63, 3.8) is 0 Å². The molecule has 0 aliphatic heterocycles. The highest BCUT2D eigenvalue weighted by Gasteiger charge is 2.29. The monoisotopic (exact) mass is 436 g/mol. The summed E-state index contributed by atoms with van der Waals surface area (Å²) in [6.45, 7) is 0. The van der Waals surface area contributed by atoms with Gasteiger partial charge in [-0.25, -0.2) is 9.59 Å². The first-order valence-electron chi connectivity index (χ1n) is 5.97. The largest absolute Gasteiger partial charge is 0.506 e. The number of nitrogens with one attached hydrogen (secondary N) is 1. The normalized spacial score (nSPS) is 10.6. The lowest BCUT2D eigenvalue weighted by Gasteiger charge is -2.15. The molecule has 0 radical (unpaired) electrons. The van der Waals surface area contributed by atoms with Crippen LogP contribution < -0.4 is 11.3 Å². The molecule has 0 amide bonds. The van der Waals surface area contributed by atoms with Crippen LogP contribution in [0.2, 0.25) is 10.0 Å². The zero-order chi connectivity index (χ0) is 18.3. The first kappa shape index (κ1) is 18.1. The fourth-order valence-electron chi connectivity index (χ4n) is 2.09. The van der Waals surface area contributed by atoms with Crippen molar-refractivity contribution in [2.45, 2.75) is 0 Å². The van der Waals surface area contributed by atoms with E-state index in [0.29, 0.717) is 0 Å². The molecule has 0 saturated heterocycles. The number of benzene rings is 1. The van der Waals surface area contributed by atoms with Crippen LogP contribution in [0.5, 0.6) is 5.75 Å². The molecular weight excluding hydrogens is 431 g/mol. The van der Waals surface area contributed by atoms with E-state index in [1.54, 1.807) is 0 Å². The molecular formula is C13H7BrCl2N2O6. The van der Waals surface area contributed by atoms with Gasteiger partial charge in [-0.2, -0.15) is 0 Å². The lowest BCUT2D eigenvalue weighted by molar-refractivity contribution is 0.0695. The topological polar surface area (TPSA) is 154 Å². The van der Waals surface area contributed by atoms with Gasteiger partial charge < -0.3 is 26.0 Å². The molecule has 8 nitrogen and oxygen atoms in total. The summed E-state index contributed by atoms with van der Waals surface area (Å²) in [4.78, 5) is 36.8. The maximum Gasteiger partial charge on any atom is 0.342 e. The Morgan fingerprint density at radius 1 is 1.12 bits per heavy atom. The van der Waals surface area contributed by atoms with Crippen LogP contribution in [0.25, 0.3) is 11.1 Å². The number of phenolic OH excluding ortho intramolecular Hbond substituents is 1. The van der Waals surface area contributed by atoms with Crippen LogP contribution in [0, 0.1) is 0 Å². The zero-order valence-corrected chi connectivity index (χ0v) is 14.5. The van der Waals surface area contributed by atoms with Gasteiger partial charge in [0.15, 0.2) is 0 Å². The SMILES string of the molecule is Nc1[nH]c(=O)c(C(=O)O)c(-c2cc(Br)c(Cl)c(Cl)c2O)c1C(=O)O. The number of aromatic nitrogens is 1. The van der Waals surface area contributed by atoms with E-state index in [-0.39, 0.29) is 20.1 Å². The Morgan fingerprint density at radius 2 is 1.67 bits per heavy atom. The van der Waals surface area contributed by atoms with Gasteiger partial charge in [-0.1, -0.05) is 23.2 Å². The van der Waals surface area contributed by atoms with E-state index >= 15 is 0 Å². The van der Waals surface area contributed by atoms with E-state index in [2.05, 4.69) is 15.9 Å². The number of pyridine rings is 1. The summed E-state index contributed by atoms with van der Waals surface area (Å²) in [5.74, 6) is -4.59. The van der Waals surface area contributed by atoms with Crippen LogP contribution in [-0.4, -0.2) is 32.2 Å². The molecule has 1 aromatic carbocycles. The molecule has 0 spiro atoms. The van der Waals surface area contributed by atoms with Crippen molar-refractivity contribution >= 4 is 56.9 Å². The van der Waals surface area contributed by atoms with Crippen LogP contribution in [0.4, 0.5) is 5.82 Å². The number of phenols is 1. The number of nitrogens with two attached hydrogens (primary N) is 1. The van der Waals surface area contributed by atoms with Gasteiger partial charge in [-0.3, -0.25) is 4.79 Å². The second-order valence-electron chi connectivity index (χ2n) is 4.49. The molecule has 0 bridgehead atoms. The number of carbonyl (C=O) groups is 2. The molecule has 2 rings (SSSR count). The van der Waals surface area contributed by atoms with Crippen molar-refractivity contribution in [3.05, 3.63) is 42.1 Å². The first-order chi connectivity index (χ1) is 11.1. The van der Waals surface area contributed by atoms with E-state index in [9.17, 15) is 29.7 Å². The summed E-state index contributed by atoms with van der Waals surface area (Å²) in [7, 11) is 0. The molecule has 0 unspecified atom stereocenters. The number of anilines is 1. The van der Waals surface area contributed by atoms with Gasteiger partial charge in [0.1, 0.15) is 27.7 Å². The van der Waals surface area contributed by atoms with Crippen molar-refractivity contribution < 1.29 is 24.9 Å². The zero-order valence-electron chi connectivity index (χ0n) is 11.4. The van der Waals surface area contributed by atoms with Gasteiger partial charge in [-0.15, -0.1) is 0 Å². The minimum Gasteiger partial charge on any atom is -0.506 e. The Hall–Kier alpha value is -2.23. The molecule has 11 heteroatoms. The number of carboxylic acid groups (broad SMARTS) is 2. The molecule has 0 aliphatic rings. The number of H-pyrrole nitrogens is 1. The Labute approximate surface area is 151 Å². The van der Waals surface area contributed by atoms with Crippen LogP contribution in [0.15, 0.2) is 15.3 Å². The highest BCUT2D eigenvalue weighted by molar-refractivity contribution is 9.10. The lowest BCUT2D eigenvalue weighted by Crippen LogP contribution is -2.24. The number of aromatic hydroxyl groups is 1. The Bertz CT molecular complexity index is 957. The van der Waals surface area contributed by atoms with Crippen molar-refractivity contribution in [1.29, 1.82) is 0 Å². The fraction of sp³-hybridized carbons (Fsp3) is 0. The molecule has 1 heterocycles. The summed E-state index contributed by atoms with van der Waals surface area (Å²) in [5, 5.41) is 28.4. The molecule has 2 aromatic rings. The molecule has 126 valence electrons. The minimum atomic E-state index is -1.71. The Balaban J connectivity index is 3.12. The van der Waals surface area contributed by atoms with Gasteiger partial charge in [0.05, 0.1) is 5.02 Å². The van der Waals surface area contributed by atoms with Crippen LogP contribution >= 0.6 is 39.1 Å². The van der Waals surface area contributed by atoms with Gasteiger partial charge in [0.25, 0.3) is 5.56 Å². The second-order valence-corrected chi connectivity index (χ2v) is 6.10. The number of aromatic amines is 1. The van der Waals surface area contributed by atoms with E-state index in [4.69, 9.17) is 28.9 Å². The number of nitrogen functional groups attached to an aromatic ring is 1. The van der Waals surface area contributed by atoms with E-state index in [1.807, 2.05) is 4.98 Å². The lowest BCUT2D eigenvalue weighted by atomic mass is 9.94. The Kier molecular flexibility index (Phi) is 4.79. The quantitative estimate of drug-likeness (QED) is 0.462. The fourth-order valence-corrected chi connectivity index (χ4v) is 2.98. The third-order valence-corrected chi connectivity index (χ3v) is 4.79. The second kappa shape index (κ2) is 6.34. The summed E-state index contributed by atoms with van der Waals surface area (Å²) in [5.41, 5.74) is 1.83. The van der Waals surface area contributed by atoms with Crippen molar-refractivity contribution in [3.8, 4) is 16.9 Å². The molecule has 0 aliphatic carbocycles. The number of hydrogen-bond donors (Lipinski definition) is 5. The number of rotatable bonds is 3. The first-order valence-corrected chi connectivity index (χ1v) is 7.52. The molecule has 0 saturated carbocycles. The molecule has 6 N–H and O–H groups in total. The maximum absolute atomic E-state index is 11.9. The van der Waals surface area contributed by atoms with Crippen molar-refractivity contribution in [1.82, 2.24) is 4.98 Å². The molecule has 0 fully saturated rings. The smallest absolute Gasteiger partial charge is 0.342 e. The Morgan fingerprint density at radius 3 is 2.17 bits per heavy atom. The van der Waals surface area contributed by atoms with E-state index in [0.717, 1.165) is 6.07 Å².